The van der Waals surface area contributed by atoms with Crippen molar-refractivity contribution in [2.45, 2.75) is 23.5 Å². The number of ether oxygens (including phenoxy) is 1. The van der Waals surface area contributed by atoms with E-state index in [0.717, 1.165) is 0 Å². The van der Waals surface area contributed by atoms with Crippen molar-refractivity contribution in [3.8, 4) is 0 Å². The minimum Gasteiger partial charge on any atom is -0.358 e. The van der Waals surface area contributed by atoms with E-state index in [2.05, 4.69) is 0 Å². The van der Waals surface area contributed by atoms with E-state index in [0.29, 0.717) is 32.5 Å². The molecule has 0 atom stereocenters. The van der Waals surface area contributed by atoms with Crippen LogP contribution in [0.2, 0.25) is 0 Å². The number of amides is 1. The first-order valence-corrected chi connectivity index (χ1v) is 10.6. The number of sulfonamides is 1. The van der Waals surface area contributed by atoms with Gasteiger partial charge in [-0.2, -0.15) is 4.31 Å². The molecule has 0 aliphatic carbocycles. The number of carbonyl (C=O) groups is 1. The molecule has 0 N–H and O–H groups in total. The highest BCUT2D eigenvalue weighted by Crippen LogP contribution is 2.38. The van der Waals surface area contributed by atoms with Gasteiger partial charge in [-0.3, -0.25) is 4.79 Å². The molecule has 2 aromatic rings. The summed E-state index contributed by atoms with van der Waals surface area (Å²) in [4.78, 5) is 14.5. The average molecular weight is 404 g/mol. The van der Waals surface area contributed by atoms with Crippen molar-refractivity contribution in [3.63, 3.8) is 0 Å². The summed E-state index contributed by atoms with van der Waals surface area (Å²) in [6.07, 6.45) is 0.750. The van der Waals surface area contributed by atoms with Gasteiger partial charge in [-0.1, -0.05) is 24.3 Å². The summed E-state index contributed by atoms with van der Waals surface area (Å²) in [5.41, 5.74) is -0.648. The Morgan fingerprint density at radius 1 is 1.00 bits per heavy atom. The second kappa shape index (κ2) is 7.27. The van der Waals surface area contributed by atoms with Gasteiger partial charge in [0.25, 0.3) is 5.91 Å². The lowest BCUT2D eigenvalue weighted by Gasteiger charge is -2.42. The van der Waals surface area contributed by atoms with Crippen LogP contribution in [0.4, 0.5) is 4.39 Å². The second-order valence-electron chi connectivity index (χ2n) is 6.99. The summed E-state index contributed by atoms with van der Waals surface area (Å²) in [5.74, 6) is -0.719. The number of nitrogens with zero attached hydrogens (tertiary/aromatic N) is 2. The molecular weight excluding hydrogens is 383 g/mol. The molecule has 6 nitrogen and oxygen atoms in total. The van der Waals surface area contributed by atoms with Crippen molar-refractivity contribution < 1.29 is 22.3 Å². The normalized spacial score (nSPS) is 19.8. The maximum absolute atomic E-state index is 13.4. The van der Waals surface area contributed by atoms with Crippen molar-refractivity contribution in [1.82, 2.24) is 9.21 Å². The number of likely N-dealkylation sites (tertiary alicyclic amines) is 1. The van der Waals surface area contributed by atoms with Crippen LogP contribution < -0.4 is 0 Å². The molecule has 2 saturated heterocycles. The van der Waals surface area contributed by atoms with Gasteiger partial charge in [-0.15, -0.1) is 0 Å². The van der Waals surface area contributed by atoms with Crippen molar-refractivity contribution in [1.29, 1.82) is 0 Å². The predicted octanol–water partition coefficient (Wildman–Crippen LogP) is 2.48. The van der Waals surface area contributed by atoms with Crippen LogP contribution in [0.25, 0.3) is 0 Å². The lowest BCUT2D eigenvalue weighted by molar-refractivity contribution is -0.0857. The maximum Gasteiger partial charge on any atom is 0.253 e. The third-order valence-corrected chi connectivity index (χ3v) is 7.32. The fraction of sp³-hybridized carbons (Fsp3) is 0.350. The molecule has 4 rings (SSSR count). The Bertz CT molecular complexity index is 973. The summed E-state index contributed by atoms with van der Waals surface area (Å²) in [6, 6.07) is 13.9. The Labute approximate surface area is 163 Å². The smallest absolute Gasteiger partial charge is 0.253 e. The summed E-state index contributed by atoms with van der Waals surface area (Å²) in [5, 5.41) is 0. The summed E-state index contributed by atoms with van der Waals surface area (Å²) < 4.78 is 47.0. The van der Waals surface area contributed by atoms with E-state index in [4.69, 9.17) is 4.74 Å². The molecule has 2 fully saturated rings. The lowest BCUT2D eigenvalue weighted by atomic mass is 10.00. The van der Waals surface area contributed by atoms with Gasteiger partial charge in [-0.25, -0.2) is 12.8 Å². The number of rotatable bonds is 3. The van der Waals surface area contributed by atoms with E-state index in [1.807, 2.05) is 0 Å². The minimum atomic E-state index is -3.69. The van der Waals surface area contributed by atoms with E-state index >= 15 is 0 Å². The van der Waals surface area contributed by atoms with Gasteiger partial charge in [0.2, 0.25) is 10.0 Å². The van der Waals surface area contributed by atoms with Gasteiger partial charge in [0.05, 0.1) is 11.5 Å². The average Bonchev–Trinajstić information content (AvgIpc) is 3.12. The third kappa shape index (κ3) is 3.32. The Morgan fingerprint density at radius 3 is 2.39 bits per heavy atom. The molecule has 0 bridgehead atoms. The largest absolute Gasteiger partial charge is 0.358 e. The first-order chi connectivity index (χ1) is 13.4. The first kappa shape index (κ1) is 19.0. The summed E-state index contributed by atoms with van der Waals surface area (Å²) in [6.45, 7) is 1.30. The first-order valence-electron chi connectivity index (χ1n) is 9.19. The molecule has 0 saturated carbocycles. The molecule has 2 heterocycles. The molecule has 2 aliphatic heterocycles. The minimum absolute atomic E-state index is 0.234. The van der Waals surface area contributed by atoms with Gasteiger partial charge >= 0.3 is 0 Å². The molecule has 0 unspecified atom stereocenters. The quantitative estimate of drug-likeness (QED) is 0.788. The number of halogens is 1. The van der Waals surface area contributed by atoms with Crippen molar-refractivity contribution in [2.24, 2.45) is 0 Å². The highest BCUT2D eigenvalue weighted by Gasteiger charge is 2.50. The lowest BCUT2D eigenvalue weighted by Crippen LogP contribution is -2.55. The molecule has 0 radical (unpaired) electrons. The predicted molar refractivity (Wildman–Crippen MR) is 101 cm³/mol. The Morgan fingerprint density at radius 2 is 1.71 bits per heavy atom. The van der Waals surface area contributed by atoms with Crippen LogP contribution in [-0.4, -0.2) is 55.5 Å². The molecule has 1 amide bonds. The summed E-state index contributed by atoms with van der Waals surface area (Å²) >= 11 is 0. The van der Waals surface area contributed by atoms with Gasteiger partial charge in [-0.05, 0) is 30.3 Å². The van der Waals surface area contributed by atoms with E-state index in [-0.39, 0.29) is 22.9 Å². The van der Waals surface area contributed by atoms with Crippen LogP contribution in [-0.2, 0) is 14.8 Å². The maximum atomic E-state index is 13.4. The van der Waals surface area contributed by atoms with Crippen molar-refractivity contribution in [3.05, 3.63) is 66.0 Å². The molecule has 148 valence electrons. The molecule has 2 aliphatic rings. The van der Waals surface area contributed by atoms with Gasteiger partial charge < -0.3 is 9.64 Å². The zero-order valence-electron chi connectivity index (χ0n) is 15.3. The number of hydrogen-bond donors (Lipinski definition) is 0. The Balaban J connectivity index is 1.52. The zero-order valence-corrected chi connectivity index (χ0v) is 16.1. The number of benzene rings is 2. The molecule has 28 heavy (non-hydrogen) atoms. The topological polar surface area (TPSA) is 66.9 Å². The fourth-order valence-electron chi connectivity index (χ4n) is 3.91. The van der Waals surface area contributed by atoms with E-state index in [1.54, 1.807) is 41.3 Å². The van der Waals surface area contributed by atoms with Gasteiger partial charge in [0.15, 0.2) is 0 Å². The summed E-state index contributed by atoms with van der Waals surface area (Å²) in [7, 11) is -3.69. The molecule has 1 spiro atoms. The Hall–Kier alpha value is -2.29. The SMILES string of the molecule is O=C(c1cccc(F)c1)N1CCC2(CC1)OCCN2S(=O)(=O)c1ccccc1. The van der Waals surface area contributed by atoms with Gasteiger partial charge in [0, 0.05) is 38.0 Å². The number of hydrogen-bond acceptors (Lipinski definition) is 4. The Kier molecular flexibility index (Phi) is 4.95. The van der Waals surface area contributed by atoms with Crippen LogP contribution in [0.3, 0.4) is 0 Å². The molecule has 8 heteroatoms. The number of carbonyl (C=O) groups excluding carboxylic acids is 1. The number of piperidine rings is 1. The van der Waals surface area contributed by atoms with Crippen molar-refractivity contribution in [2.75, 3.05) is 26.2 Å². The zero-order chi connectivity index (χ0) is 19.8. The van der Waals surface area contributed by atoms with Crippen LogP contribution in [0.1, 0.15) is 23.2 Å². The fourth-order valence-corrected chi connectivity index (χ4v) is 5.65. The molecule has 2 aromatic carbocycles. The van der Waals surface area contributed by atoms with Crippen molar-refractivity contribution >= 4 is 15.9 Å². The molecule has 0 aromatic heterocycles. The van der Waals surface area contributed by atoms with E-state index in [9.17, 15) is 17.6 Å². The van der Waals surface area contributed by atoms with Crippen LogP contribution >= 0.6 is 0 Å². The highest BCUT2D eigenvalue weighted by molar-refractivity contribution is 7.89. The third-order valence-electron chi connectivity index (χ3n) is 5.35. The van der Waals surface area contributed by atoms with Gasteiger partial charge in [0.1, 0.15) is 11.5 Å². The highest BCUT2D eigenvalue weighted by atomic mass is 32.2. The van der Waals surface area contributed by atoms with E-state index in [1.165, 1.54) is 22.5 Å². The standard InChI is InChI=1S/C20H21FN2O4S/c21-17-6-4-5-16(15-17)19(24)22-11-9-20(10-12-22)23(13-14-27-20)28(25,26)18-7-2-1-3-8-18/h1-8,15H,9-14H2. The van der Waals surface area contributed by atoms with Crippen LogP contribution in [0.15, 0.2) is 59.5 Å². The molecular formula is C20H21FN2O4S. The van der Waals surface area contributed by atoms with Crippen LogP contribution in [0.5, 0.6) is 0 Å². The second-order valence-corrected chi connectivity index (χ2v) is 8.85. The van der Waals surface area contributed by atoms with Crippen LogP contribution in [0, 0.1) is 5.82 Å². The van der Waals surface area contributed by atoms with E-state index < -0.39 is 21.6 Å². The monoisotopic (exact) mass is 404 g/mol.